The van der Waals surface area contributed by atoms with Crippen LogP contribution in [0, 0.1) is 8.99 Å². The van der Waals surface area contributed by atoms with Gasteiger partial charge in [0.25, 0.3) is 0 Å². The molecule has 1 rings (SSSR count). The molecule has 0 aliphatic heterocycles. The van der Waals surface area contributed by atoms with E-state index in [0.717, 1.165) is 12.1 Å². The van der Waals surface area contributed by atoms with Crippen molar-refractivity contribution in [3.63, 3.8) is 0 Å². The molecule has 8 heteroatoms. The van der Waals surface area contributed by atoms with Gasteiger partial charge >= 0.3 is 6.18 Å². The Balaban J connectivity index is 2.63. The summed E-state index contributed by atoms with van der Waals surface area (Å²) in [4.78, 5) is 23.5. The van der Waals surface area contributed by atoms with Crippen LogP contribution in [-0.4, -0.2) is 18.4 Å². The van der Waals surface area contributed by atoms with E-state index in [-0.39, 0.29) is 24.6 Å². The molecule has 2 amide bonds. The van der Waals surface area contributed by atoms with Gasteiger partial charge in [0.1, 0.15) is 0 Å². The first-order valence-corrected chi connectivity index (χ1v) is 7.94. The highest BCUT2D eigenvalue weighted by atomic mass is 127. The molecular weight excluding hydrogens is 424 g/mol. The summed E-state index contributed by atoms with van der Waals surface area (Å²) in [5.41, 5.74) is -1.28. The molecular formula is C15H18F3IN2O2. The van der Waals surface area contributed by atoms with E-state index in [9.17, 15) is 22.8 Å². The monoisotopic (exact) mass is 442 g/mol. The van der Waals surface area contributed by atoms with Gasteiger partial charge in [-0.3, -0.25) is 9.59 Å². The van der Waals surface area contributed by atoms with E-state index in [1.54, 1.807) is 20.8 Å². The van der Waals surface area contributed by atoms with E-state index in [0.29, 0.717) is 3.57 Å². The number of carbonyl (C=O) groups is 2. The smallest absolute Gasteiger partial charge is 0.355 e. The molecule has 0 radical (unpaired) electrons. The van der Waals surface area contributed by atoms with E-state index in [1.807, 2.05) is 22.6 Å². The molecule has 1 aromatic rings. The maximum absolute atomic E-state index is 12.7. The summed E-state index contributed by atoms with van der Waals surface area (Å²) in [6, 6.07) is 3.15. The molecule has 0 saturated heterocycles. The van der Waals surface area contributed by atoms with Gasteiger partial charge in [-0.25, -0.2) is 0 Å². The first-order valence-electron chi connectivity index (χ1n) is 6.86. The van der Waals surface area contributed by atoms with Gasteiger partial charge in [-0.1, -0.05) is 20.8 Å². The number of alkyl halides is 3. The van der Waals surface area contributed by atoms with Crippen LogP contribution in [0.25, 0.3) is 0 Å². The van der Waals surface area contributed by atoms with E-state index in [4.69, 9.17) is 0 Å². The molecule has 0 unspecified atom stereocenters. The van der Waals surface area contributed by atoms with Gasteiger partial charge < -0.3 is 10.6 Å². The molecule has 0 bridgehead atoms. The zero-order valence-corrected chi connectivity index (χ0v) is 15.1. The minimum Gasteiger partial charge on any atom is -0.355 e. The number of rotatable bonds is 4. The maximum Gasteiger partial charge on any atom is 0.416 e. The van der Waals surface area contributed by atoms with Gasteiger partial charge in [0.2, 0.25) is 11.8 Å². The van der Waals surface area contributed by atoms with E-state index in [2.05, 4.69) is 10.6 Å². The predicted molar refractivity (Wildman–Crippen MR) is 89.9 cm³/mol. The summed E-state index contributed by atoms with van der Waals surface area (Å²) in [7, 11) is 0. The fourth-order valence-corrected chi connectivity index (χ4v) is 2.04. The SMILES string of the molecule is CC(C)(C)C(=O)NCCC(=O)Nc1cc(C(F)(F)F)ccc1I. The van der Waals surface area contributed by atoms with Crippen LogP contribution < -0.4 is 10.6 Å². The fraction of sp³-hybridized carbons (Fsp3) is 0.467. The summed E-state index contributed by atoms with van der Waals surface area (Å²) in [5, 5.41) is 5.05. The Morgan fingerprint density at radius 1 is 1.17 bits per heavy atom. The van der Waals surface area contributed by atoms with Gasteiger partial charge in [0.05, 0.1) is 11.3 Å². The summed E-state index contributed by atoms with van der Waals surface area (Å²) in [6.45, 7) is 5.35. The van der Waals surface area contributed by atoms with Crippen LogP contribution in [0.15, 0.2) is 18.2 Å². The highest BCUT2D eigenvalue weighted by Crippen LogP contribution is 2.32. The van der Waals surface area contributed by atoms with Crippen molar-refractivity contribution in [2.24, 2.45) is 5.41 Å². The van der Waals surface area contributed by atoms with Gasteiger partial charge in [-0.2, -0.15) is 13.2 Å². The molecule has 0 saturated carbocycles. The fourth-order valence-electron chi connectivity index (χ4n) is 1.56. The van der Waals surface area contributed by atoms with Gasteiger partial charge in [0.15, 0.2) is 0 Å². The summed E-state index contributed by atoms with van der Waals surface area (Å²) in [5.74, 6) is -0.657. The minimum atomic E-state index is -4.47. The van der Waals surface area contributed by atoms with Crippen molar-refractivity contribution >= 4 is 40.1 Å². The van der Waals surface area contributed by atoms with Crippen molar-refractivity contribution in [3.05, 3.63) is 27.3 Å². The molecule has 0 aliphatic rings. The topological polar surface area (TPSA) is 58.2 Å². The zero-order valence-electron chi connectivity index (χ0n) is 13.0. The molecule has 4 nitrogen and oxygen atoms in total. The standard InChI is InChI=1S/C15H18F3IN2O2/c1-14(2,3)13(23)20-7-6-12(22)21-11-8-9(15(16,17)18)4-5-10(11)19/h4-5,8H,6-7H2,1-3H3,(H,20,23)(H,21,22). The largest absolute Gasteiger partial charge is 0.416 e. The van der Waals surface area contributed by atoms with E-state index >= 15 is 0 Å². The maximum atomic E-state index is 12.7. The predicted octanol–water partition coefficient (Wildman–Crippen LogP) is 3.80. The van der Waals surface area contributed by atoms with Crippen LogP contribution in [0.2, 0.25) is 0 Å². The number of benzene rings is 1. The van der Waals surface area contributed by atoms with Crippen molar-refractivity contribution < 1.29 is 22.8 Å². The number of hydrogen-bond acceptors (Lipinski definition) is 2. The molecule has 2 N–H and O–H groups in total. The van der Waals surface area contributed by atoms with Crippen molar-refractivity contribution in [3.8, 4) is 0 Å². The Bertz CT molecular complexity index is 595. The van der Waals surface area contributed by atoms with Crippen LogP contribution in [0.5, 0.6) is 0 Å². The van der Waals surface area contributed by atoms with Crippen LogP contribution >= 0.6 is 22.6 Å². The first kappa shape index (κ1) is 19.7. The van der Waals surface area contributed by atoms with Crippen LogP contribution in [0.4, 0.5) is 18.9 Å². The average Bonchev–Trinajstić information content (AvgIpc) is 2.38. The van der Waals surface area contributed by atoms with Crippen LogP contribution in [-0.2, 0) is 15.8 Å². The average molecular weight is 442 g/mol. The molecule has 0 aliphatic carbocycles. The number of anilines is 1. The quantitative estimate of drug-likeness (QED) is 0.698. The van der Waals surface area contributed by atoms with Crippen molar-refractivity contribution in [2.75, 3.05) is 11.9 Å². The van der Waals surface area contributed by atoms with Crippen molar-refractivity contribution in [1.82, 2.24) is 5.32 Å². The third-order valence-corrected chi connectivity index (χ3v) is 3.83. The lowest BCUT2D eigenvalue weighted by Gasteiger charge is -2.17. The molecule has 1 aromatic carbocycles. The Hall–Kier alpha value is -1.32. The van der Waals surface area contributed by atoms with Crippen molar-refractivity contribution in [1.29, 1.82) is 0 Å². The highest BCUT2D eigenvalue weighted by Gasteiger charge is 2.31. The Morgan fingerprint density at radius 2 is 1.78 bits per heavy atom. The lowest BCUT2D eigenvalue weighted by molar-refractivity contribution is -0.137. The molecule has 0 fully saturated rings. The van der Waals surface area contributed by atoms with Crippen LogP contribution in [0.3, 0.4) is 0 Å². The lowest BCUT2D eigenvalue weighted by atomic mass is 9.96. The van der Waals surface area contributed by atoms with Gasteiger partial charge in [-0.05, 0) is 40.8 Å². The highest BCUT2D eigenvalue weighted by molar-refractivity contribution is 14.1. The second-order valence-electron chi connectivity index (χ2n) is 6.00. The molecule has 0 heterocycles. The van der Waals surface area contributed by atoms with Gasteiger partial charge in [0, 0.05) is 22.0 Å². The Morgan fingerprint density at radius 3 is 2.30 bits per heavy atom. The molecule has 0 atom stereocenters. The summed E-state index contributed by atoms with van der Waals surface area (Å²) < 4.78 is 38.5. The van der Waals surface area contributed by atoms with Crippen LogP contribution in [0.1, 0.15) is 32.8 Å². The first-order chi connectivity index (χ1) is 10.4. The summed E-state index contributed by atoms with van der Waals surface area (Å²) in [6.07, 6.45) is -4.49. The normalized spacial score (nSPS) is 12.0. The second-order valence-corrected chi connectivity index (χ2v) is 7.16. The number of amides is 2. The number of halogens is 4. The summed E-state index contributed by atoms with van der Waals surface area (Å²) >= 11 is 1.85. The van der Waals surface area contributed by atoms with Crippen molar-refractivity contribution in [2.45, 2.75) is 33.4 Å². The Labute approximate surface area is 146 Å². The molecule has 23 heavy (non-hydrogen) atoms. The number of nitrogens with one attached hydrogen (secondary N) is 2. The number of hydrogen-bond donors (Lipinski definition) is 2. The number of carbonyl (C=O) groups excluding carboxylic acids is 2. The van der Waals surface area contributed by atoms with E-state index in [1.165, 1.54) is 6.07 Å². The lowest BCUT2D eigenvalue weighted by Crippen LogP contribution is -2.36. The minimum absolute atomic E-state index is 0.0197. The Kier molecular flexibility index (Phi) is 6.43. The molecule has 0 spiro atoms. The third-order valence-electron chi connectivity index (χ3n) is 2.89. The second kappa shape index (κ2) is 7.50. The third kappa shape index (κ3) is 6.36. The molecule has 128 valence electrons. The zero-order chi connectivity index (χ0) is 17.8. The van der Waals surface area contributed by atoms with Gasteiger partial charge in [-0.15, -0.1) is 0 Å². The molecule has 0 aromatic heterocycles. The van der Waals surface area contributed by atoms with E-state index < -0.39 is 23.1 Å².